The molecule has 29 heavy (non-hydrogen) atoms. The zero-order valence-electron chi connectivity index (χ0n) is 16.7. The van der Waals surface area contributed by atoms with Crippen molar-refractivity contribution in [3.05, 3.63) is 68.7 Å². The zero-order chi connectivity index (χ0) is 21.6. The van der Waals surface area contributed by atoms with Crippen molar-refractivity contribution in [3.63, 3.8) is 0 Å². The van der Waals surface area contributed by atoms with E-state index in [4.69, 9.17) is 34.8 Å². The van der Waals surface area contributed by atoms with Crippen LogP contribution in [0.1, 0.15) is 38.3 Å². The Kier molecular flexibility index (Phi) is 8.81. The minimum Gasteiger partial charge on any atom is -0.352 e. The highest BCUT2D eigenvalue weighted by atomic mass is 35.5. The van der Waals surface area contributed by atoms with Crippen LogP contribution < -0.4 is 5.32 Å². The number of nitrogens with one attached hydrogen (secondary N) is 1. The molecule has 7 heteroatoms. The third kappa shape index (κ3) is 6.63. The molecule has 0 aliphatic heterocycles. The Balaban J connectivity index is 2.34. The number of nitrogens with zero attached hydrogens (tertiary/aromatic N) is 1. The number of carbonyl (C=O) groups is 2. The van der Waals surface area contributed by atoms with Gasteiger partial charge in [-0.3, -0.25) is 9.59 Å². The molecule has 2 aromatic rings. The van der Waals surface area contributed by atoms with Gasteiger partial charge in [0, 0.05) is 27.7 Å². The van der Waals surface area contributed by atoms with Crippen molar-refractivity contribution < 1.29 is 9.59 Å². The summed E-state index contributed by atoms with van der Waals surface area (Å²) in [5.74, 6) is -0.407. The Hall–Kier alpha value is -1.75. The molecule has 2 aromatic carbocycles. The van der Waals surface area contributed by atoms with E-state index >= 15 is 0 Å². The molecule has 1 N–H and O–H groups in total. The van der Waals surface area contributed by atoms with Crippen LogP contribution in [0, 0.1) is 0 Å². The fourth-order valence-electron chi connectivity index (χ4n) is 3.04. The van der Waals surface area contributed by atoms with E-state index in [1.807, 2.05) is 32.9 Å². The van der Waals surface area contributed by atoms with Crippen molar-refractivity contribution in [3.8, 4) is 0 Å². The molecule has 4 nitrogen and oxygen atoms in total. The Morgan fingerprint density at radius 1 is 1.00 bits per heavy atom. The normalized spacial score (nSPS) is 12.0. The summed E-state index contributed by atoms with van der Waals surface area (Å²) >= 11 is 18.5. The van der Waals surface area contributed by atoms with Gasteiger partial charge in [-0.25, -0.2) is 0 Å². The van der Waals surface area contributed by atoms with Crippen molar-refractivity contribution >= 4 is 46.6 Å². The lowest BCUT2D eigenvalue weighted by Crippen LogP contribution is -2.50. The van der Waals surface area contributed by atoms with E-state index in [2.05, 4.69) is 5.32 Å². The average Bonchev–Trinajstić information content (AvgIpc) is 2.65. The van der Waals surface area contributed by atoms with Crippen LogP contribution in [-0.4, -0.2) is 28.8 Å². The molecule has 0 bridgehead atoms. The number of amides is 2. The summed E-state index contributed by atoms with van der Waals surface area (Å²) in [6.45, 7) is 5.94. The Morgan fingerprint density at radius 3 is 2.10 bits per heavy atom. The summed E-state index contributed by atoms with van der Waals surface area (Å²) < 4.78 is 0. The van der Waals surface area contributed by atoms with Gasteiger partial charge in [-0.15, -0.1) is 0 Å². The van der Waals surface area contributed by atoms with E-state index in [1.54, 1.807) is 35.2 Å². The lowest BCUT2D eigenvalue weighted by Gasteiger charge is -2.31. The van der Waals surface area contributed by atoms with Crippen molar-refractivity contribution in [2.75, 3.05) is 0 Å². The van der Waals surface area contributed by atoms with Gasteiger partial charge in [-0.05, 0) is 55.7 Å². The molecule has 0 fully saturated rings. The molecular formula is C22H25Cl3N2O2. The topological polar surface area (TPSA) is 49.4 Å². The predicted molar refractivity (Wildman–Crippen MR) is 120 cm³/mol. The molecule has 0 spiro atoms. The number of carbonyl (C=O) groups excluding carboxylic acids is 2. The molecule has 156 valence electrons. The van der Waals surface area contributed by atoms with Gasteiger partial charge in [0.25, 0.3) is 0 Å². The first-order valence-corrected chi connectivity index (χ1v) is 10.6. The van der Waals surface area contributed by atoms with E-state index in [-0.39, 0.29) is 30.8 Å². The average molecular weight is 456 g/mol. The minimum absolute atomic E-state index is 0.0115. The highest BCUT2D eigenvalue weighted by Crippen LogP contribution is 2.26. The van der Waals surface area contributed by atoms with Crippen LogP contribution in [0.15, 0.2) is 42.5 Å². The second-order valence-corrected chi connectivity index (χ2v) is 8.36. The summed E-state index contributed by atoms with van der Waals surface area (Å²) in [6, 6.07) is 11.7. The molecule has 0 saturated heterocycles. The van der Waals surface area contributed by atoms with Crippen molar-refractivity contribution in [1.82, 2.24) is 10.2 Å². The number of rotatable bonds is 8. The van der Waals surface area contributed by atoms with Crippen molar-refractivity contribution in [1.29, 1.82) is 0 Å². The second-order valence-electron chi connectivity index (χ2n) is 7.11. The first kappa shape index (κ1) is 23.5. The van der Waals surface area contributed by atoms with E-state index in [9.17, 15) is 9.59 Å². The summed E-state index contributed by atoms with van der Waals surface area (Å²) in [5.41, 5.74) is 1.44. The van der Waals surface area contributed by atoms with Gasteiger partial charge in [-0.1, -0.05) is 59.9 Å². The molecule has 0 radical (unpaired) electrons. The third-order valence-corrected chi connectivity index (χ3v) is 5.43. The lowest BCUT2D eigenvalue weighted by molar-refractivity contribution is -0.141. The lowest BCUT2D eigenvalue weighted by atomic mass is 10.1. The molecule has 0 aromatic heterocycles. The highest BCUT2D eigenvalue weighted by Gasteiger charge is 2.29. The van der Waals surface area contributed by atoms with E-state index in [1.165, 1.54) is 0 Å². The maximum atomic E-state index is 13.3. The van der Waals surface area contributed by atoms with Crippen LogP contribution in [0.2, 0.25) is 15.1 Å². The van der Waals surface area contributed by atoms with Gasteiger partial charge in [0.2, 0.25) is 11.8 Å². The number of hydrogen-bond acceptors (Lipinski definition) is 2. The Bertz CT molecular complexity index is 833. The molecule has 0 aliphatic rings. The van der Waals surface area contributed by atoms with Gasteiger partial charge in [-0.2, -0.15) is 0 Å². The third-order valence-electron chi connectivity index (χ3n) is 4.47. The minimum atomic E-state index is -0.609. The summed E-state index contributed by atoms with van der Waals surface area (Å²) in [5, 5.41) is 4.37. The molecule has 1 atom stereocenters. The Labute approximate surface area is 187 Å². The Morgan fingerprint density at radius 2 is 1.59 bits per heavy atom. The predicted octanol–water partition coefficient (Wildman–Crippen LogP) is 5.52. The molecule has 0 saturated carbocycles. The van der Waals surface area contributed by atoms with Crippen LogP contribution in [0.5, 0.6) is 0 Å². The van der Waals surface area contributed by atoms with Crippen LogP contribution in [0.25, 0.3) is 0 Å². The van der Waals surface area contributed by atoms with Gasteiger partial charge in [0.15, 0.2) is 0 Å². The van der Waals surface area contributed by atoms with Gasteiger partial charge >= 0.3 is 0 Å². The van der Waals surface area contributed by atoms with E-state index < -0.39 is 6.04 Å². The van der Waals surface area contributed by atoms with Crippen LogP contribution in [0.4, 0.5) is 0 Å². The summed E-state index contributed by atoms with van der Waals surface area (Å²) in [4.78, 5) is 27.6. The van der Waals surface area contributed by atoms with E-state index in [0.717, 1.165) is 5.56 Å². The van der Waals surface area contributed by atoms with Crippen LogP contribution >= 0.6 is 34.8 Å². The fraction of sp³-hybridized carbons (Fsp3) is 0.364. The number of benzene rings is 2. The zero-order valence-corrected chi connectivity index (χ0v) is 19.0. The van der Waals surface area contributed by atoms with Gasteiger partial charge < -0.3 is 10.2 Å². The first-order valence-electron chi connectivity index (χ1n) is 9.50. The number of hydrogen-bond donors (Lipinski definition) is 1. The maximum Gasteiger partial charge on any atom is 0.243 e. The molecular weight excluding hydrogens is 431 g/mol. The molecule has 0 unspecified atom stereocenters. The fourth-order valence-corrected chi connectivity index (χ4v) is 3.70. The smallest absolute Gasteiger partial charge is 0.243 e. The summed E-state index contributed by atoms with van der Waals surface area (Å²) in [7, 11) is 0. The van der Waals surface area contributed by atoms with Crippen molar-refractivity contribution in [2.45, 2.75) is 52.2 Å². The first-order chi connectivity index (χ1) is 13.7. The second kappa shape index (κ2) is 10.9. The van der Waals surface area contributed by atoms with Crippen molar-refractivity contribution in [2.24, 2.45) is 0 Å². The largest absolute Gasteiger partial charge is 0.352 e. The van der Waals surface area contributed by atoms with Gasteiger partial charge in [0.1, 0.15) is 6.04 Å². The van der Waals surface area contributed by atoms with Gasteiger partial charge in [0.05, 0.1) is 6.42 Å². The SMILES string of the molecule is CC[C@@H](C(=O)NC(C)C)N(Cc1ccc(Cl)cc1)C(=O)Cc1c(Cl)cccc1Cl. The molecule has 2 amide bonds. The monoisotopic (exact) mass is 454 g/mol. The highest BCUT2D eigenvalue weighted by molar-refractivity contribution is 6.36. The molecule has 2 rings (SSSR count). The standard InChI is InChI=1S/C22H25Cl3N2O2/c1-4-20(22(29)26-14(2)3)27(13-15-8-10-16(23)11-9-15)21(28)12-17-18(24)6-5-7-19(17)25/h5-11,14,20H,4,12-13H2,1-3H3,(H,26,29)/t20-/m0/s1. The quantitative estimate of drug-likeness (QED) is 0.569. The van der Waals surface area contributed by atoms with E-state index in [0.29, 0.717) is 27.1 Å². The summed E-state index contributed by atoms with van der Waals surface area (Å²) in [6.07, 6.45) is 0.492. The maximum absolute atomic E-state index is 13.3. The molecule has 0 heterocycles. The molecule has 0 aliphatic carbocycles. The van der Waals surface area contributed by atoms with Crippen LogP contribution in [-0.2, 0) is 22.6 Å². The number of halogens is 3. The van der Waals surface area contributed by atoms with Crippen LogP contribution in [0.3, 0.4) is 0 Å².